The van der Waals surface area contributed by atoms with E-state index in [9.17, 15) is 0 Å². The van der Waals surface area contributed by atoms with Gasteiger partial charge in [-0.05, 0) is 70.0 Å². The molecule has 0 heteroatoms. The normalized spacial score (nSPS) is 13.4. The van der Waals surface area contributed by atoms with E-state index in [1.165, 1.54) is 55.6 Å². The van der Waals surface area contributed by atoms with Gasteiger partial charge in [0.2, 0.25) is 0 Å². The van der Waals surface area contributed by atoms with Crippen molar-refractivity contribution >= 4 is 0 Å². The van der Waals surface area contributed by atoms with Gasteiger partial charge in [-0.15, -0.1) is 0 Å². The van der Waals surface area contributed by atoms with Crippen LogP contribution in [0.15, 0.2) is 121 Å². The van der Waals surface area contributed by atoms with Crippen LogP contribution in [0.1, 0.15) is 33.4 Å². The summed E-state index contributed by atoms with van der Waals surface area (Å²) in [6, 6.07) is 44.7. The van der Waals surface area contributed by atoms with Crippen molar-refractivity contribution in [3.63, 3.8) is 0 Å². The number of hydrogen-bond acceptors (Lipinski definition) is 0. The summed E-state index contributed by atoms with van der Waals surface area (Å²) in [5, 5.41) is 0. The highest BCUT2D eigenvalue weighted by Gasteiger charge is 2.45. The lowest BCUT2D eigenvalue weighted by molar-refractivity contribution is 0.769. The zero-order chi connectivity index (χ0) is 22.4. The maximum Gasteiger partial charge on any atom is 0.0713 e. The maximum absolute atomic E-state index is 2.44. The Hall–Kier alpha value is -3.90. The minimum Gasteiger partial charge on any atom is -0.0622 e. The minimum atomic E-state index is -0.345. The first-order valence-corrected chi connectivity index (χ1v) is 11.6. The standard InChI is InChI=1S/C33H26/c1-23-17-18-24(2)30(21-23)25-19-20-29-28-15-9-10-16-31(28)33(32(29)22-25,26-11-5-3-6-12-26)27-13-7-4-8-14-27/h3-22H,1-2H3. The van der Waals surface area contributed by atoms with Gasteiger partial charge in [0.05, 0.1) is 5.41 Å². The molecule has 0 atom stereocenters. The second-order valence-electron chi connectivity index (χ2n) is 9.11. The third-order valence-corrected chi connectivity index (χ3v) is 7.16. The Morgan fingerprint density at radius 3 is 1.76 bits per heavy atom. The molecule has 33 heavy (non-hydrogen) atoms. The molecule has 1 aliphatic carbocycles. The highest BCUT2D eigenvalue weighted by Crippen LogP contribution is 2.56. The molecule has 0 aromatic heterocycles. The average molecular weight is 423 g/mol. The van der Waals surface area contributed by atoms with Crippen LogP contribution in [0.4, 0.5) is 0 Å². The molecule has 0 aliphatic heterocycles. The van der Waals surface area contributed by atoms with Gasteiger partial charge in [0.25, 0.3) is 0 Å². The lowest BCUT2D eigenvalue weighted by Crippen LogP contribution is -2.28. The molecule has 0 saturated heterocycles. The third-order valence-electron chi connectivity index (χ3n) is 7.16. The Bertz CT molecular complexity index is 1420. The number of rotatable bonds is 3. The first-order chi connectivity index (χ1) is 16.2. The van der Waals surface area contributed by atoms with Gasteiger partial charge < -0.3 is 0 Å². The fourth-order valence-corrected chi connectivity index (χ4v) is 5.66. The highest BCUT2D eigenvalue weighted by atomic mass is 14.5. The van der Waals surface area contributed by atoms with Gasteiger partial charge in [-0.25, -0.2) is 0 Å². The van der Waals surface area contributed by atoms with Crippen LogP contribution in [0, 0.1) is 13.8 Å². The predicted octanol–water partition coefficient (Wildman–Crippen LogP) is 8.33. The van der Waals surface area contributed by atoms with Crippen molar-refractivity contribution in [1.82, 2.24) is 0 Å². The molecule has 0 fully saturated rings. The Labute approximate surface area is 196 Å². The first kappa shape index (κ1) is 19.8. The third kappa shape index (κ3) is 2.91. The summed E-state index contributed by atoms with van der Waals surface area (Å²) < 4.78 is 0. The quantitative estimate of drug-likeness (QED) is 0.269. The molecule has 1 aliphatic rings. The van der Waals surface area contributed by atoms with Crippen molar-refractivity contribution in [2.24, 2.45) is 0 Å². The van der Waals surface area contributed by atoms with E-state index < -0.39 is 0 Å². The first-order valence-electron chi connectivity index (χ1n) is 11.6. The zero-order valence-corrected chi connectivity index (χ0v) is 19.0. The van der Waals surface area contributed by atoms with E-state index >= 15 is 0 Å². The summed E-state index contributed by atoms with van der Waals surface area (Å²) in [6.45, 7) is 4.38. The van der Waals surface area contributed by atoms with E-state index in [0.29, 0.717) is 0 Å². The van der Waals surface area contributed by atoms with E-state index in [4.69, 9.17) is 0 Å². The number of hydrogen-bond donors (Lipinski definition) is 0. The molecule has 0 nitrogen and oxygen atoms in total. The molecule has 0 N–H and O–H groups in total. The van der Waals surface area contributed by atoms with Crippen LogP contribution in [0.5, 0.6) is 0 Å². The number of benzene rings is 5. The van der Waals surface area contributed by atoms with E-state index in [1.807, 2.05) is 0 Å². The summed E-state index contributed by atoms with van der Waals surface area (Å²) >= 11 is 0. The van der Waals surface area contributed by atoms with Gasteiger partial charge in [0, 0.05) is 0 Å². The molecule has 0 spiro atoms. The lowest BCUT2D eigenvalue weighted by atomic mass is 9.67. The van der Waals surface area contributed by atoms with Gasteiger partial charge in [0.1, 0.15) is 0 Å². The van der Waals surface area contributed by atoms with Crippen molar-refractivity contribution in [1.29, 1.82) is 0 Å². The van der Waals surface area contributed by atoms with Crippen LogP contribution in [-0.2, 0) is 5.41 Å². The lowest BCUT2D eigenvalue weighted by Gasteiger charge is -2.34. The van der Waals surface area contributed by atoms with Gasteiger partial charge in [-0.2, -0.15) is 0 Å². The molecule has 0 bridgehead atoms. The highest BCUT2D eigenvalue weighted by molar-refractivity contribution is 5.88. The van der Waals surface area contributed by atoms with E-state index in [1.54, 1.807) is 0 Å². The summed E-state index contributed by atoms with van der Waals surface area (Å²) in [5.41, 5.74) is 12.8. The molecule has 0 saturated carbocycles. The largest absolute Gasteiger partial charge is 0.0713 e. The molecule has 158 valence electrons. The number of aryl methyl sites for hydroxylation is 2. The maximum atomic E-state index is 2.44. The second-order valence-corrected chi connectivity index (χ2v) is 9.11. The number of fused-ring (bicyclic) bond motifs is 3. The summed E-state index contributed by atoms with van der Waals surface area (Å²) in [5.74, 6) is 0. The molecule has 0 unspecified atom stereocenters. The second kappa shape index (κ2) is 7.60. The van der Waals surface area contributed by atoms with E-state index in [0.717, 1.165) is 0 Å². The monoisotopic (exact) mass is 422 g/mol. The zero-order valence-electron chi connectivity index (χ0n) is 19.0. The average Bonchev–Trinajstić information content (AvgIpc) is 3.17. The van der Waals surface area contributed by atoms with Gasteiger partial charge >= 0.3 is 0 Å². The molecule has 0 amide bonds. The van der Waals surface area contributed by atoms with Crippen molar-refractivity contribution < 1.29 is 0 Å². The van der Waals surface area contributed by atoms with Gasteiger partial charge in [-0.3, -0.25) is 0 Å². The summed E-state index contributed by atoms with van der Waals surface area (Å²) in [6.07, 6.45) is 0. The fourth-order valence-electron chi connectivity index (χ4n) is 5.66. The Balaban J connectivity index is 1.74. The van der Waals surface area contributed by atoms with Crippen LogP contribution >= 0.6 is 0 Å². The van der Waals surface area contributed by atoms with Crippen molar-refractivity contribution in [3.8, 4) is 22.3 Å². The summed E-state index contributed by atoms with van der Waals surface area (Å²) in [7, 11) is 0. The molecular formula is C33H26. The summed E-state index contributed by atoms with van der Waals surface area (Å²) in [4.78, 5) is 0. The van der Waals surface area contributed by atoms with Crippen LogP contribution in [0.3, 0.4) is 0 Å². The Morgan fingerprint density at radius 2 is 1.06 bits per heavy atom. The van der Waals surface area contributed by atoms with Crippen molar-refractivity contribution in [3.05, 3.63) is 155 Å². The molecular weight excluding hydrogens is 396 g/mol. The minimum absolute atomic E-state index is 0.345. The van der Waals surface area contributed by atoms with Gasteiger partial charge in [-0.1, -0.05) is 121 Å². The van der Waals surface area contributed by atoms with E-state index in [-0.39, 0.29) is 5.41 Å². The van der Waals surface area contributed by atoms with Crippen molar-refractivity contribution in [2.75, 3.05) is 0 Å². The Morgan fingerprint density at radius 1 is 0.455 bits per heavy atom. The molecule has 0 heterocycles. The SMILES string of the molecule is Cc1ccc(C)c(-c2ccc3c(c2)C(c2ccccc2)(c2ccccc2)c2ccccc2-3)c1. The molecule has 6 rings (SSSR count). The molecule has 5 aromatic rings. The molecule has 0 radical (unpaired) electrons. The van der Waals surface area contributed by atoms with Crippen LogP contribution in [0.25, 0.3) is 22.3 Å². The van der Waals surface area contributed by atoms with E-state index in [2.05, 4.69) is 135 Å². The topological polar surface area (TPSA) is 0 Å². The van der Waals surface area contributed by atoms with Crippen molar-refractivity contribution in [2.45, 2.75) is 19.3 Å². The smallest absolute Gasteiger partial charge is 0.0622 e. The predicted molar refractivity (Wildman–Crippen MR) is 139 cm³/mol. The van der Waals surface area contributed by atoms with Crippen LogP contribution in [0.2, 0.25) is 0 Å². The van der Waals surface area contributed by atoms with Crippen LogP contribution in [-0.4, -0.2) is 0 Å². The fraction of sp³-hybridized carbons (Fsp3) is 0.0909. The Kier molecular flexibility index (Phi) is 4.55. The van der Waals surface area contributed by atoms with Crippen LogP contribution < -0.4 is 0 Å². The van der Waals surface area contributed by atoms with Gasteiger partial charge in [0.15, 0.2) is 0 Å². The molecule has 5 aromatic carbocycles.